The Balaban J connectivity index is 2.20. The molecule has 2 rings (SSSR count). The predicted octanol–water partition coefficient (Wildman–Crippen LogP) is 3.00. The molecule has 0 atom stereocenters. The molecule has 2 N–H and O–H groups in total. The third-order valence-electron chi connectivity index (χ3n) is 3.02. The fourth-order valence-electron chi connectivity index (χ4n) is 1.89. The molecule has 0 amide bonds. The quantitative estimate of drug-likeness (QED) is 0.837. The van der Waals surface area contributed by atoms with Crippen LogP contribution in [0.1, 0.15) is 18.1 Å². The minimum atomic E-state index is 0.791. The van der Waals surface area contributed by atoms with Crippen molar-refractivity contribution < 1.29 is 0 Å². The van der Waals surface area contributed by atoms with Gasteiger partial charge in [0, 0.05) is 25.0 Å². The van der Waals surface area contributed by atoms with Gasteiger partial charge < -0.3 is 10.6 Å². The molecule has 18 heavy (non-hydrogen) atoms. The van der Waals surface area contributed by atoms with Crippen molar-refractivity contribution in [3.63, 3.8) is 0 Å². The van der Waals surface area contributed by atoms with E-state index in [0.717, 1.165) is 30.2 Å². The van der Waals surface area contributed by atoms with E-state index in [4.69, 9.17) is 5.73 Å². The highest BCUT2D eigenvalue weighted by atomic mass is 15.2. The van der Waals surface area contributed by atoms with Crippen LogP contribution in [0.4, 0.5) is 11.5 Å². The van der Waals surface area contributed by atoms with Gasteiger partial charge in [0.2, 0.25) is 0 Å². The topological polar surface area (TPSA) is 42.1 Å². The van der Waals surface area contributed by atoms with Gasteiger partial charge >= 0.3 is 0 Å². The normalized spacial score (nSPS) is 10.3. The van der Waals surface area contributed by atoms with Crippen LogP contribution in [-0.2, 0) is 6.54 Å². The van der Waals surface area contributed by atoms with Crippen molar-refractivity contribution in [3.05, 3.63) is 53.7 Å². The van der Waals surface area contributed by atoms with Gasteiger partial charge in [-0.15, -0.1) is 0 Å². The molecule has 2 aromatic rings. The standard InChI is InChI=1S/C15H19N3/c1-3-18(15-9-8-12(2)10-17-15)11-13-6-4-5-7-14(13)16/h4-10H,3,11,16H2,1-2H3. The van der Waals surface area contributed by atoms with Crippen molar-refractivity contribution in [1.29, 1.82) is 0 Å². The smallest absolute Gasteiger partial charge is 0.128 e. The maximum absolute atomic E-state index is 5.98. The van der Waals surface area contributed by atoms with E-state index >= 15 is 0 Å². The van der Waals surface area contributed by atoms with E-state index in [1.165, 1.54) is 5.56 Å². The summed E-state index contributed by atoms with van der Waals surface area (Å²) >= 11 is 0. The average Bonchev–Trinajstić information content (AvgIpc) is 2.39. The second-order valence-corrected chi connectivity index (χ2v) is 4.41. The first-order valence-corrected chi connectivity index (χ1v) is 6.21. The molecule has 1 aromatic heterocycles. The number of nitrogens with two attached hydrogens (primary N) is 1. The second kappa shape index (κ2) is 5.54. The van der Waals surface area contributed by atoms with Crippen molar-refractivity contribution in [1.82, 2.24) is 4.98 Å². The van der Waals surface area contributed by atoms with Crippen molar-refractivity contribution >= 4 is 11.5 Å². The van der Waals surface area contributed by atoms with Crippen LogP contribution in [0.2, 0.25) is 0 Å². The van der Waals surface area contributed by atoms with Gasteiger partial charge in [0.05, 0.1) is 0 Å². The Bertz CT molecular complexity index is 505. The largest absolute Gasteiger partial charge is 0.398 e. The number of nitrogens with zero attached hydrogens (tertiary/aromatic N) is 2. The maximum Gasteiger partial charge on any atom is 0.128 e. The molecule has 1 heterocycles. The van der Waals surface area contributed by atoms with Gasteiger partial charge in [-0.25, -0.2) is 4.98 Å². The number of rotatable bonds is 4. The van der Waals surface area contributed by atoms with E-state index in [-0.39, 0.29) is 0 Å². The average molecular weight is 241 g/mol. The van der Waals surface area contributed by atoms with Gasteiger partial charge in [0.1, 0.15) is 5.82 Å². The van der Waals surface area contributed by atoms with Crippen LogP contribution in [0.3, 0.4) is 0 Å². The number of hydrogen-bond donors (Lipinski definition) is 1. The van der Waals surface area contributed by atoms with Crippen molar-refractivity contribution in [2.75, 3.05) is 17.2 Å². The Labute approximate surface area is 108 Å². The third-order valence-corrected chi connectivity index (χ3v) is 3.02. The number of anilines is 2. The maximum atomic E-state index is 5.98. The van der Waals surface area contributed by atoms with Crippen molar-refractivity contribution in [2.45, 2.75) is 20.4 Å². The first kappa shape index (κ1) is 12.4. The van der Waals surface area contributed by atoms with Crippen LogP contribution in [0, 0.1) is 6.92 Å². The first-order valence-electron chi connectivity index (χ1n) is 6.21. The number of aromatic nitrogens is 1. The number of para-hydroxylation sites is 1. The van der Waals surface area contributed by atoms with Gasteiger partial charge in [-0.1, -0.05) is 24.3 Å². The molecule has 94 valence electrons. The zero-order chi connectivity index (χ0) is 13.0. The Hall–Kier alpha value is -2.03. The molecule has 1 aromatic carbocycles. The number of pyridine rings is 1. The molecular formula is C15H19N3. The van der Waals surface area contributed by atoms with Gasteiger partial charge in [0.25, 0.3) is 0 Å². The number of hydrogen-bond acceptors (Lipinski definition) is 3. The Kier molecular flexibility index (Phi) is 3.82. The molecule has 0 aliphatic heterocycles. The fraction of sp³-hybridized carbons (Fsp3) is 0.267. The molecule has 3 heteroatoms. The number of nitrogen functional groups attached to an aromatic ring is 1. The summed E-state index contributed by atoms with van der Waals surface area (Å²) in [5.41, 5.74) is 9.13. The van der Waals surface area contributed by atoms with Crippen LogP contribution in [0.15, 0.2) is 42.6 Å². The predicted molar refractivity (Wildman–Crippen MR) is 76.6 cm³/mol. The minimum Gasteiger partial charge on any atom is -0.398 e. The lowest BCUT2D eigenvalue weighted by Gasteiger charge is -2.22. The number of aryl methyl sites for hydroxylation is 1. The summed E-state index contributed by atoms with van der Waals surface area (Å²) in [6.07, 6.45) is 1.90. The zero-order valence-electron chi connectivity index (χ0n) is 10.9. The molecule has 0 aliphatic rings. The highest BCUT2D eigenvalue weighted by Gasteiger charge is 2.07. The second-order valence-electron chi connectivity index (χ2n) is 4.41. The summed E-state index contributed by atoms with van der Waals surface area (Å²) < 4.78 is 0. The highest BCUT2D eigenvalue weighted by Crippen LogP contribution is 2.18. The minimum absolute atomic E-state index is 0.791. The molecule has 0 fully saturated rings. The summed E-state index contributed by atoms with van der Waals surface area (Å²) in [4.78, 5) is 6.67. The molecule has 0 unspecified atom stereocenters. The molecule has 0 radical (unpaired) electrons. The lowest BCUT2D eigenvalue weighted by Crippen LogP contribution is -2.23. The van der Waals surface area contributed by atoms with Gasteiger partial charge in [-0.3, -0.25) is 0 Å². The first-order chi connectivity index (χ1) is 8.70. The van der Waals surface area contributed by atoms with Crippen LogP contribution < -0.4 is 10.6 Å². The third kappa shape index (κ3) is 2.80. The Morgan fingerprint density at radius 1 is 1.17 bits per heavy atom. The van der Waals surface area contributed by atoms with E-state index in [1.807, 2.05) is 31.3 Å². The summed E-state index contributed by atoms with van der Waals surface area (Å²) in [5, 5.41) is 0. The molecule has 0 saturated carbocycles. The van der Waals surface area contributed by atoms with Crippen molar-refractivity contribution in [2.24, 2.45) is 0 Å². The lowest BCUT2D eigenvalue weighted by atomic mass is 10.1. The van der Waals surface area contributed by atoms with Crippen LogP contribution in [0.25, 0.3) is 0 Å². The monoisotopic (exact) mass is 241 g/mol. The molecule has 0 spiro atoms. The van der Waals surface area contributed by atoms with E-state index < -0.39 is 0 Å². The van der Waals surface area contributed by atoms with Gasteiger partial charge in [0.15, 0.2) is 0 Å². The molecular weight excluding hydrogens is 222 g/mol. The molecule has 3 nitrogen and oxygen atoms in total. The molecule has 0 bridgehead atoms. The van der Waals surface area contributed by atoms with Crippen LogP contribution in [0.5, 0.6) is 0 Å². The van der Waals surface area contributed by atoms with E-state index in [0.29, 0.717) is 0 Å². The Morgan fingerprint density at radius 2 is 1.94 bits per heavy atom. The summed E-state index contributed by atoms with van der Waals surface area (Å²) in [6.45, 7) is 5.87. The summed E-state index contributed by atoms with van der Waals surface area (Å²) in [7, 11) is 0. The summed E-state index contributed by atoms with van der Waals surface area (Å²) in [6, 6.07) is 12.1. The van der Waals surface area contributed by atoms with E-state index in [9.17, 15) is 0 Å². The highest BCUT2D eigenvalue weighted by molar-refractivity contribution is 5.49. The van der Waals surface area contributed by atoms with E-state index in [2.05, 4.69) is 35.0 Å². The van der Waals surface area contributed by atoms with Crippen molar-refractivity contribution in [3.8, 4) is 0 Å². The van der Waals surface area contributed by atoms with Crippen LogP contribution >= 0.6 is 0 Å². The Morgan fingerprint density at radius 3 is 2.56 bits per heavy atom. The van der Waals surface area contributed by atoms with Gasteiger partial charge in [-0.2, -0.15) is 0 Å². The van der Waals surface area contributed by atoms with Gasteiger partial charge in [-0.05, 0) is 37.1 Å². The van der Waals surface area contributed by atoms with E-state index in [1.54, 1.807) is 0 Å². The fourth-order valence-corrected chi connectivity index (χ4v) is 1.89. The summed E-state index contributed by atoms with van der Waals surface area (Å²) in [5.74, 6) is 0.992. The molecule has 0 aliphatic carbocycles. The lowest BCUT2D eigenvalue weighted by molar-refractivity contribution is 0.814. The SMILES string of the molecule is CCN(Cc1ccccc1N)c1ccc(C)cn1. The van der Waals surface area contributed by atoms with Crippen LogP contribution in [-0.4, -0.2) is 11.5 Å². The zero-order valence-corrected chi connectivity index (χ0v) is 10.9. The number of benzene rings is 1. The molecule has 0 saturated heterocycles.